The van der Waals surface area contributed by atoms with Gasteiger partial charge >= 0.3 is 6.09 Å². The monoisotopic (exact) mass is 434 g/mol. The number of amides is 1. The fourth-order valence-electron chi connectivity index (χ4n) is 3.51. The third-order valence-electron chi connectivity index (χ3n) is 5.15. The second kappa shape index (κ2) is 7.93. The van der Waals surface area contributed by atoms with Gasteiger partial charge in [0.1, 0.15) is 11.6 Å². The molecule has 1 fully saturated rings. The Morgan fingerprint density at radius 2 is 2.24 bits per heavy atom. The molecular weight excluding hydrogens is 412 g/mol. The number of hydrogen-bond donors (Lipinski definition) is 3. The zero-order chi connectivity index (χ0) is 20.6. The Hall–Kier alpha value is -2.16. The van der Waals surface area contributed by atoms with Crippen LogP contribution in [0.25, 0.3) is 10.2 Å². The molecule has 3 heterocycles. The number of halogens is 1. The SMILES string of the molecule is Cc1c(C[C@](C)(Cl)NC2CCC2)sc2c(NC(=O)O)nc(Cc3ccco3)nc12. The van der Waals surface area contributed by atoms with Crippen LogP contribution in [0.3, 0.4) is 0 Å². The molecule has 3 aromatic rings. The lowest BCUT2D eigenvalue weighted by atomic mass is 9.92. The summed E-state index contributed by atoms with van der Waals surface area (Å²) in [6.07, 6.45) is 5.00. The minimum atomic E-state index is -1.16. The van der Waals surface area contributed by atoms with Gasteiger partial charge in [-0.3, -0.25) is 10.6 Å². The van der Waals surface area contributed by atoms with E-state index < -0.39 is 11.1 Å². The molecule has 0 radical (unpaired) electrons. The molecule has 0 saturated heterocycles. The molecule has 154 valence electrons. The largest absolute Gasteiger partial charge is 0.469 e. The molecule has 1 saturated carbocycles. The third kappa shape index (κ3) is 4.55. The van der Waals surface area contributed by atoms with Crippen molar-refractivity contribution in [1.29, 1.82) is 0 Å². The summed E-state index contributed by atoms with van der Waals surface area (Å²) in [4.78, 5) is 20.9. The topological polar surface area (TPSA) is 100 Å². The smallest absolute Gasteiger partial charge is 0.410 e. The Kier molecular flexibility index (Phi) is 5.50. The molecule has 0 spiro atoms. The first-order valence-electron chi connectivity index (χ1n) is 9.58. The van der Waals surface area contributed by atoms with Gasteiger partial charge in [0.25, 0.3) is 0 Å². The van der Waals surface area contributed by atoms with Gasteiger partial charge in [-0.15, -0.1) is 22.9 Å². The predicted molar refractivity (Wildman–Crippen MR) is 114 cm³/mol. The van der Waals surface area contributed by atoms with Crippen molar-refractivity contribution in [2.45, 2.75) is 57.0 Å². The zero-order valence-electron chi connectivity index (χ0n) is 16.3. The molecule has 3 N–H and O–H groups in total. The molecule has 29 heavy (non-hydrogen) atoms. The standard InChI is InChI=1S/C20H23ClN4O3S/c1-11-14(10-20(2,21)25-12-5-3-6-12)29-17-16(11)22-15(9-13-7-4-8-28-13)23-18(17)24-19(26)27/h4,7-8,12,25H,3,5-6,9-10H2,1-2H3,(H,26,27)(H,22,23,24)/t20-/m1/s1. The van der Waals surface area contributed by atoms with Crippen molar-refractivity contribution in [3.8, 4) is 0 Å². The van der Waals surface area contributed by atoms with Crippen LogP contribution in [-0.2, 0) is 12.8 Å². The average molecular weight is 435 g/mol. The number of aryl methyl sites for hydroxylation is 1. The Labute approximate surface area is 177 Å². The van der Waals surface area contributed by atoms with Gasteiger partial charge in [0, 0.05) is 17.3 Å². The molecule has 9 heteroatoms. The van der Waals surface area contributed by atoms with Gasteiger partial charge in [-0.25, -0.2) is 14.8 Å². The van der Waals surface area contributed by atoms with E-state index in [1.807, 2.05) is 19.9 Å². The summed E-state index contributed by atoms with van der Waals surface area (Å²) < 4.78 is 6.11. The van der Waals surface area contributed by atoms with E-state index in [9.17, 15) is 9.90 Å². The van der Waals surface area contributed by atoms with E-state index in [-0.39, 0.29) is 0 Å². The minimum absolute atomic E-state index is 0.298. The van der Waals surface area contributed by atoms with Crippen LogP contribution >= 0.6 is 22.9 Å². The van der Waals surface area contributed by atoms with Crippen molar-refractivity contribution in [3.63, 3.8) is 0 Å². The number of anilines is 1. The second-order valence-electron chi connectivity index (χ2n) is 7.65. The van der Waals surface area contributed by atoms with Gasteiger partial charge in [-0.2, -0.15) is 0 Å². The lowest BCUT2D eigenvalue weighted by molar-refractivity contribution is 0.209. The van der Waals surface area contributed by atoms with Crippen molar-refractivity contribution < 1.29 is 14.3 Å². The first kappa shape index (κ1) is 20.1. The van der Waals surface area contributed by atoms with Crippen LogP contribution in [0.2, 0.25) is 0 Å². The maximum absolute atomic E-state index is 11.3. The summed E-state index contributed by atoms with van der Waals surface area (Å²) in [7, 11) is 0. The number of fused-ring (bicyclic) bond motifs is 1. The highest BCUT2D eigenvalue weighted by atomic mass is 35.5. The van der Waals surface area contributed by atoms with Crippen molar-refractivity contribution in [2.75, 3.05) is 5.32 Å². The number of carboxylic acid groups (broad SMARTS) is 1. The molecule has 1 atom stereocenters. The zero-order valence-corrected chi connectivity index (χ0v) is 17.9. The van der Waals surface area contributed by atoms with Crippen molar-refractivity contribution in [3.05, 3.63) is 40.4 Å². The molecule has 0 unspecified atom stereocenters. The number of carbonyl (C=O) groups is 1. The van der Waals surface area contributed by atoms with Crippen LogP contribution in [-0.4, -0.2) is 32.2 Å². The summed E-state index contributed by atoms with van der Waals surface area (Å²) in [5.41, 5.74) is 1.75. The Balaban J connectivity index is 1.69. The highest BCUT2D eigenvalue weighted by Crippen LogP contribution is 2.37. The molecule has 1 aliphatic rings. The van der Waals surface area contributed by atoms with Crippen LogP contribution in [0.1, 0.15) is 48.2 Å². The number of furan rings is 1. The number of aromatic nitrogens is 2. The highest BCUT2D eigenvalue weighted by Gasteiger charge is 2.30. The van der Waals surface area contributed by atoms with Crippen LogP contribution in [0.5, 0.6) is 0 Å². The number of hydrogen-bond acceptors (Lipinski definition) is 6. The maximum atomic E-state index is 11.3. The summed E-state index contributed by atoms with van der Waals surface area (Å²) in [6.45, 7) is 3.99. The molecular formula is C20H23ClN4O3S. The molecule has 0 aromatic carbocycles. The Morgan fingerprint density at radius 1 is 1.45 bits per heavy atom. The summed E-state index contributed by atoms with van der Waals surface area (Å²) in [5, 5.41) is 15.2. The average Bonchev–Trinajstić information content (AvgIpc) is 3.21. The molecule has 0 bridgehead atoms. The van der Waals surface area contributed by atoms with Gasteiger partial charge in [0.2, 0.25) is 0 Å². The number of alkyl halides is 1. The Morgan fingerprint density at radius 3 is 2.86 bits per heavy atom. The van der Waals surface area contributed by atoms with Crippen LogP contribution in [0.15, 0.2) is 22.8 Å². The quantitative estimate of drug-likeness (QED) is 0.360. The van der Waals surface area contributed by atoms with Crippen LogP contribution in [0, 0.1) is 6.92 Å². The molecule has 1 aliphatic carbocycles. The van der Waals surface area contributed by atoms with Gasteiger partial charge in [-0.05, 0) is 44.4 Å². The van der Waals surface area contributed by atoms with E-state index in [4.69, 9.17) is 21.0 Å². The van der Waals surface area contributed by atoms with Crippen molar-refractivity contribution in [2.24, 2.45) is 0 Å². The first-order valence-corrected chi connectivity index (χ1v) is 10.8. The van der Waals surface area contributed by atoms with Crippen molar-refractivity contribution >= 4 is 45.1 Å². The molecule has 1 amide bonds. The number of rotatable bonds is 7. The van der Waals surface area contributed by atoms with Gasteiger partial charge < -0.3 is 9.52 Å². The van der Waals surface area contributed by atoms with Crippen LogP contribution < -0.4 is 10.6 Å². The lowest BCUT2D eigenvalue weighted by Gasteiger charge is -2.34. The number of nitrogens with zero attached hydrogens (tertiary/aromatic N) is 2. The number of nitrogens with one attached hydrogen (secondary N) is 2. The van der Waals surface area contributed by atoms with E-state index in [0.29, 0.717) is 30.5 Å². The third-order valence-corrected chi connectivity index (χ3v) is 6.68. The van der Waals surface area contributed by atoms with E-state index in [2.05, 4.69) is 15.6 Å². The molecule has 3 aromatic heterocycles. The van der Waals surface area contributed by atoms with Gasteiger partial charge in [0.15, 0.2) is 5.82 Å². The van der Waals surface area contributed by atoms with E-state index in [1.165, 1.54) is 17.8 Å². The summed E-state index contributed by atoms with van der Waals surface area (Å²) >= 11 is 8.26. The highest BCUT2D eigenvalue weighted by molar-refractivity contribution is 7.19. The van der Waals surface area contributed by atoms with Crippen molar-refractivity contribution in [1.82, 2.24) is 15.3 Å². The first-order chi connectivity index (χ1) is 13.8. The van der Waals surface area contributed by atoms with E-state index >= 15 is 0 Å². The normalized spacial score (nSPS) is 16.5. The maximum Gasteiger partial charge on any atom is 0.410 e. The fraction of sp³-hybridized carbons (Fsp3) is 0.450. The summed E-state index contributed by atoms with van der Waals surface area (Å²) in [5.74, 6) is 1.52. The molecule has 0 aliphatic heterocycles. The Bertz CT molecular complexity index is 1030. The second-order valence-corrected chi connectivity index (χ2v) is 9.59. The van der Waals surface area contributed by atoms with E-state index in [0.717, 1.165) is 39.3 Å². The van der Waals surface area contributed by atoms with E-state index in [1.54, 1.807) is 12.3 Å². The lowest BCUT2D eigenvalue weighted by Crippen LogP contribution is -2.48. The van der Waals surface area contributed by atoms with Gasteiger partial charge in [0.05, 0.1) is 27.9 Å². The minimum Gasteiger partial charge on any atom is -0.469 e. The fourth-order valence-corrected chi connectivity index (χ4v) is 5.23. The molecule has 7 nitrogen and oxygen atoms in total. The summed E-state index contributed by atoms with van der Waals surface area (Å²) in [6, 6.07) is 4.11. The van der Waals surface area contributed by atoms with Gasteiger partial charge in [-0.1, -0.05) is 6.42 Å². The number of thiophene rings is 1. The predicted octanol–water partition coefficient (Wildman–Crippen LogP) is 4.91. The van der Waals surface area contributed by atoms with Crippen LogP contribution in [0.4, 0.5) is 10.6 Å². The molecule has 4 rings (SSSR count).